The number of nitrogens with one attached hydrogen (secondary N) is 1. The Morgan fingerprint density at radius 1 is 1.39 bits per heavy atom. The molecule has 4 nitrogen and oxygen atoms in total. The van der Waals surface area contributed by atoms with E-state index in [1.807, 2.05) is 37.3 Å². The SMILES string of the molecule is COC(=O)C1=C(O)CC(C)(c2ccccc2)C1=N. The van der Waals surface area contributed by atoms with E-state index in [1.54, 1.807) is 0 Å². The van der Waals surface area contributed by atoms with E-state index in [9.17, 15) is 9.90 Å². The summed E-state index contributed by atoms with van der Waals surface area (Å²) >= 11 is 0. The molecule has 0 aliphatic heterocycles. The molecule has 0 fully saturated rings. The fourth-order valence-electron chi connectivity index (χ4n) is 2.31. The van der Waals surface area contributed by atoms with E-state index in [0.717, 1.165) is 5.56 Å². The Bertz CT molecular complexity index is 533. The first-order valence-electron chi connectivity index (χ1n) is 5.66. The number of benzene rings is 1. The average molecular weight is 245 g/mol. The molecule has 2 N–H and O–H groups in total. The Balaban J connectivity index is 2.43. The van der Waals surface area contributed by atoms with E-state index in [1.165, 1.54) is 7.11 Å². The van der Waals surface area contributed by atoms with Crippen LogP contribution in [-0.4, -0.2) is 23.9 Å². The Hall–Kier alpha value is -2.10. The van der Waals surface area contributed by atoms with Crippen molar-refractivity contribution >= 4 is 11.7 Å². The predicted octanol–water partition coefficient (Wildman–Crippen LogP) is 2.35. The van der Waals surface area contributed by atoms with E-state index < -0.39 is 11.4 Å². The summed E-state index contributed by atoms with van der Waals surface area (Å²) in [6, 6.07) is 9.42. The molecule has 1 unspecified atom stereocenters. The zero-order valence-electron chi connectivity index (χ0n) is 10.4. The first-order valence-corrected chi connectivity index (χ1v) is 5.66. The molecule has 4 heteroatoms. The Morgan fingerprint density at radius 3 is 2.56 bits per heavy atom. The maximum atomic E-state index is 11.6. The summed E-state index contributed by atoms with van der Waals surface area (Å²) in [6.07, 6.45) is 0.250. The Morgan fingerprint density at radius 2 is 2.00 bits per heavy atom. The van der Waals surface area contributed by atoms with Crippen molar-refractivity contribution in [3.05, 3.63) is 47.2 Å². The molecule has 0 bridgehead atoms. The minimum Gasteiger partial charge on any atom is -0.511 e. The van der Waals surface area contributed by atoms with Crippen molar-refractivity contribution < 1.29 is 14.6 Å². The van der Waals surface area contributed by atoms with Gasteiger partial charge in [-0.15, -0.1) is 0 Å². The van der Waals surface area contributed by atoms with E-state index in [0.29, 0.717) is 0 Å². The number of methoxy groups -OCH3 is 1. The van der Waals surface area contributed by atoms with E-state index >= 15 is 0 Å². The molecule has 18 heavy (non-hydrogen) atoms. The minimum absolute atomic E-state index is 0.0103. The maximum Gasteiger partial charge on any atom is 0.343 e. The highest BCUT2D eigenvalue weighted by molar-refractivity contribution is 6.24. The molecule has 0 saturated carbocycles. The lowest BCUT2D eigenvalue weighted by Gasteiger charge is -2.25. The Labute approximate surface area is 105 Å². The summed E-state index contributed by atoms with van der Waals surface area (Å²) in [5.74, 6) is -0.727. The number of hydrogen-bond acceptors (Lipinski definition) is 4. The van der Waals surface area contributed by atoms with Gasteiger partial charge in [0.1, 0.15) is 11.3 Å². The molecule has 1 aromatic carbocycles. The van der Waals surface area contributed by atoms with E-state index in [-0.39, 0.29) is 23.5 Å². The monoisotopic (exact) mass is 245 g/mol. The van der Waals surface area contributed by atoms with Gasteiger partial charge in [0.25, 0.3) is 0 Å². The third-order valence-corrected chi connectivity index (χ3v) is 3.41. The first kappa shape index (κ1) is 12.4. The maximum absolute atomic E-state index is 11.6. The van der Waals surface area contributed by atoms with Crippen molar-refractivity contribution in [3.63, 3.8) is 0 Å². The lowest BCUT2D eigenvalue weighted by Crippen LogP contribution is -2.30. The quantitative estimate of drug-likeness (QED) is 0.786. The molecule has 1 atom stereocenters. The number of carbonyl (C=O) groups is 1. The van der Waals surface area contributed by atoms with Crippen LogP contribution in [0.2, 0.25) is 0 Å². The van der Waals surface area contributed by atoms with Crippen LogP contribution >= 0.6 is 0 Å². The second-order valence-electron chi connectivity index (χ2n) is 4.56. The largest absolute Gasteiger partial charge is 0.511 e. The van der Waals surface area contributed by atoms with Crippen LogP contribution in [-0.2, 0) is 14.9 Å². The number of aliphatic hydroxyl groups excluding tert-OH is 1. The molecule has 0 heterocycles. The van der Waals surface area contributed by atoms with Gasteiger partial charge in [0.15, 0.2) is 0 Å². The molecule has 0 aromatic heterocycles. The number of rotatable bonds is 2. The second kappa shape index (κ2) is 4.29. The van der Waals surface area contributed by atoms with Crippen molar-refractivity contribution in [3.8, 4) is 0 Å². The number of allylic oxidation sites excluding steroid dienone is 1. The summed E-state index contributed by atoms with van der Waals surface area (Å²) in [5.41, 5.74) is 0.330. The van der Waals surface area contributed by atoms with Gasteiger partial charge in [-0.2, -0.15) is 0 Å². The molecule has 0 spiro atoms. The summed E-state index contributed by atoms with van der Waals surface area (Å²) in [5, 5.41) is 18.0. The first-order chi connectivity index (χ1) is 8.50. The van der Waals surface area contributed by atoms with E-state index in [4.69, 9.17) is 5.41 Å². The van der Waals surface area contributed by atoms with Gasteiger partial charge in [-0.05, 0) is 12.5 Å². The van der Waals surface area contributed by atoms with Crippen LogP contribution in [0.3, 0.4) is 0 Å². The molecule has 0 amide bonds. The van der Waals surface area contributed by atoms with Crippen molar-refractivity contribution in [2.24, 2.45) is 0 Å². The van der Waals surface area contributed by atoms with E-state index in [2.05, 4.69) is 4.74 Å². The number of aliphatic hydroxyl groups is 1. The number of hydrogen-bond donors (Lipinski definition) is 2. The number of ether oxygens (including phenoxy) is 1. The van der Waals surface area contributed by atoms with Crippen LogP contribution in [0.5, 0.6) is 0 Å². The molecule has 1 aromatic rings. The highest BCUT2D eigenvalue weighted by atomic mass is 16.5. The van der Waals surface area contributed by atoms with Crippen molar-refractivity contribution in [1.82, 2.24) is 0 Å². The molecule has 1 aliphatic rings. The molecule has 0 saturated heterocycles. The Kier molecular flexibility index (Phi) is 2.95. The van der Waals surface area contributed by atoms with Gasteiger partial charge in [-0.3, -0.25) is 0 Å². The smallest absolute Gasteiger partial charge is 0.343 e. The summed E-state index contributed by atoms with van der Waals surface area (Å²) in [6.45, 7) is 1.84. The van der Waals surface area contributed by atoms with Crippen molar-refractivity contribution in [2.45, 2.75) is 18.8 Å². The molecular formula is C14H15NO3. The average Bonchev–Trinajstić information content (AvgIpc) is 2.61. The summed E-state index contributed by atoms with van der Waals surface area (Å²) < 4.78 is 4.61. The van der Waals surface area contributed by atoms with Crippen LogP contribution in [0.1, 0.15) is 18.9 Å². The topological polar surface area (TPSA) is 70.4 Å². The van der Waals surface area contributed by atoms with Gasteiger partial charge in [0.2, 0.25) is 0 Å². The molecule has 0 radical (unpaired) electrons. The van der Waals surface area contributed by atoms with Crippen LogP contribution in [0.4, 0.5) is 0 Å². The minimum atomic E-state index is -0.672. The van der Waals surface area contributed by atoms with Crippen LogP contribution in [0.15, 0.2) is 41.7 Å². The normalized spacial score (nSPS) is 23.3. The molecular weight excluding hydrogens is 230 g/mol. The van der Waals surface area contributed by atoms with Crippen LogP contribution in [0.25, 0.3) is 0 Å². The third-order valence-electron chi connectivity index (χ3n) is 3.41. The molecule has 94 valence electrons. The van der Waals surface area contributed by atoms with Gasteiger partial charge in [0, 0.05) is 11.8 Å². The zero-order chi connectivity index (χ0) is 13.3. The summed E-state index contributed by atoms with van der Waals surface area (Å²) in [7, 11) is 1.24. The summed E-state index contributed by atoms with van der Waals surface area (Å²) in [4.78, 5) is 11.6. The van der Waals surface area contributed by atoms with Gasteiger partial charge < -0.3 is 15.3 Å². The molecule has 1 aliphatic carbocycles. The van der Waals surface area contributed by atoms with Gasteiger partial charge in [-0.1, -0.05) is 30.3 Å². The second-order valence-corrected chi connectivity index (χ2v) is 4.56. The lowest BCUT2D eigenvalue weighted by atomic mass is 9.78. The fourth-order valence-corrected chi connectivity index (χ4v) is 2.31. The predicted molar refractivity (Wildman–Crippen MR) is 67.8 cm³/mol. The van der Waals surface area contributed by atoms with Gasteiger partial charge in [0.05, 0.1) is 12.8 Å². The highest BCUT2D eigenvalue weighted by Gasteiger charge is 2.44. The fraction of sp³-hybridized carbons (Fsp3) is 0.286. The lowest BCUT2D eigenvalue weighted by molar-refractivity contribution is -0.135. The highest BCUT2D eigenvalue weighted by Crippen LogP contribution is 2.40. The zero-order valence-corrected chi connectivity index (χ0v) is 10.4. The van der Waals surface area contributed by atoms with Crippen molar-refractivity contribution in [1.29, 1.82) is 5.41 Å². The van der Waals surface area contributed by atoms with Crippen LogP contribution in [0, 0.1) is 5.41 Å². The standard InChI is InChI=1S/C14H15NO3/c1-14(9-6-4-3-5-7-9)8-10(16)11(12(14)15)13(17)18-2/h3-7,15-16H,8H2,1-2H3. The third kappa shape index (κ3) is 1.70. The van der Waals surface area contributed by atoms with Crippen LogP contribution < -0.4 is 0 Å². The van der Waals surface area contributed by atoms with Gasteiger partial charge in [-0.25, -0.2) is 4.79 Å². The number of carbonyl (C=O) groups excluding carboxylic acids is 1. The number of esters is 1. The van der Waals surface area contributed by atoms with Gasteiger partial charge >= 0.3 is 5.97 Å². The molecule has 2 rings (SSSR count). The van der Waals surface area contributed by atoms with Crippen molar-refractivity contribution in [2.75, 3.05) is 7.11 Å².